The Kier molecular flexibility index (Phi) is 9.87. The first-order valence-corrected chi connectivity index (χ1v) is 14.6. The van der Waals surface area contributed by atoms with Crippen LogP contribution in [0.2, 0.25) is 5.02 Å². The van der Waals surface area contributed by atoms with Gasteiger partial charge < -0.3 is 10.2 Å². The Morgan fingerprint density at radius 1 is 1.10 bits per heavy atom. The first kappa shape index (κ1) is 30.7. The number of sulfonamides is 1. The number of amides is 2. The molecule has 0 heterocycles. The molecule has 1 atom stereocenters. The van der Waals surface area contributed by atoms with Gasteiger partial charge in [0.2, 0.25) is 21.8 Å². The Morgan fingerprint density at radius 2 is 1.72 bits per heavy atom. The summed E-state index contributed by atoms with van der Waals surface area (Å²) in [6, 6.07) is 6.73. The van der Waals surface area contributed by atoms with Crippen LogP contribution in [0.3, 0.4) is 0 Å². The summed E-state index contributed by atoms with van der Waals surface area (Å²) in [5.74, 6) is -1.74. The van der Waals surface area contributed by atoms with Crippen molar-refractivity contribution in [1.29, 1.82) is 0 Å². The van der Waals surface area contributed by atoms with Crippen molar-refractivity contribution >= 4 is 39.1 Å². The molecule has 1 aliphatic rings. The fourth-order valence-electron chi connectivity index (χ4n) is 4.57. The van der Waals surface area contributed by atoms with E-state index in [4.69, 9.17) is 11.6 Å². The highest BCUT2D eigenvalue weighted by Gasteiger charge is 2.36. The van der Waals surface area contributed by atoms with E-state index in [1.54, 1.807) is 6.92 Å². The minimum atomic E-state index is -4.86. The fraction of sp³-hybridized carbons (Fsp3) is 0.462. The van der Waals surface area contributed by atoms with Gasteiger partial charge in [-0.15, -0.1) is 0 Å². The van der Waals surface area contributed by atoms with Crippen LogP contribution in [-0.4, -0.2) is 50.0 Å². The summed E-state index contributed by atoms with van der Waals surface area (Å²) < 4.78 is 79.7. The molecular formula is C26H30ClF4N3O4S. The molecule has 1 saturated carbocycles. The van der Waals surface area contributed by atoms with E-state index in [0.29, 0.717) is 15.9 Å². The lowest BCUT2D eigenvalue weighted by Gasteiger charge is -2.33. The van der Waals surface area contributed by atoms with Gasteiger partial charge in [0.05, 0.1) is 22.5 Å². The van der Waals surface area contributed by atoms with Crippen LogP contribution in [0.25, 0.3) is 0 Å². The molecule has 0 radical (unpaired) electrons. The number of nitrogens with zero attached hydrogens (tertiary/aromatic N) is 2. The standard InChI is InChI=1S/C26H30ClF4N3O4S/c1-3-23(25(36)32-19-6-4-5-7-19)33(15-17-8-10-18(28)11-9-17)24(35)16-34(39(2,37)38)20-12-13-22(27)21(14-20)26(29,30)31/h8-14,19,23H,3-7,15-16H2,1-2H3,(H,32,36)/t23-/m1/s1. The second kappa shape index (κ2) is 12.5. The van der Waals surface area contributed by atoms with Crippen molar-refractivity contribution in [3.05, 3.63) is 64.4 Å². The number of hydrogen-bond acceptors (Lipinski definition) is 4. The monoisotopic (exact) mass is 591 g/mol. The molecule has 0 aliphatic heterocycles. The second-order valence-corrected chi connectivity index (χ2v) is 11.8. The van der Waals surface area contributed by atoms with Crippen molar-refractivity contribution in [2.75, 3.05) is 17.1 Å². The van der Waals surface area contributed by atoms with Gasteiger partial charge in [0.15, 0.2) is 0 Å². The van der Waals surface area contributed by atoms with Crippen LogP contribution in [0.15, 0.2) is 42.5 Å². The Hall–Kier alpha value is -2.86. The van der Waals surface area contributed by atoms with Crippen LogP contribution in [-0.2, 0) is 32.3 Å². The molecule has 1 aliphatic carbocycles. The topological polar surface area (TPSA) is 86.8 Å². The summed E-state index contributed by atoms with van der Waals surface area (Å²) in [5.41, 5.74) is -1.19. The third kappa shape index (κ3) is 8.07. The Morgan fingerprint density at radius 3 is 2.26 bits per heavy atom. The lowest BCUT2D eigenvalue weighted by Crippen LogP contribution is -2.53. The number of rotatable bonds is 10. The Labute approximate surface area is 230 Å². The van der Waals surface area contributed by atoms with Crippen LogP contribution in [0.1, 0.15) is 50.2 Å². The zero-order chi connectivity index (χ0) is 29.0. The lowest BCUT2D eigenvalue weighted by atomic mass is 10.1. The molecule has 2 amide bonds. The molecule has 2 aromatic rings. The molecule has 0 aromatic heterocycles. The highest BCUT2D eigenvalue weighted by Crippen LogP contribution is 2.37. The van der Waals surface area contributed by atoms with Crippen molar-refractivity contribution in [2.24, 2.45) is 0 Å². The van der Waals surface area contributed by atoms with Gasteiger partial charge in [-0.2, -0.15) is 13.2 Å². The number of carbonyl (C=O) groups is 2. The lowest BCUT2D eigenvalue weighted by molar-refractivity contribution is -0.140. The minimum absolute atomic E-state index is 0.0447. The maximum absolute atomic E-state index is 13.7. The van der Waals surface area contributed by atoms with Gasteiger partial charge in [0.1, 0.15) is 18.4 Å². The van der Waals surface area contributed by atoms with Crippen molar-refractivity contribution in [2.45, 2.75) is 63.8 Å². The fourth-order valence-corrected chi connectivity index (χ4v) is 5.64. The van der Waals surface area contributed by atoms with Crippen LogP contribution in [0.4, 0.5) is 23.2 Å². The molecule has 7 nitrogen and oxygen atoms in total. The van der Waals surface area contributed by atoms with E-state index < -0.39 is 62.7 Å². The van der Waals surface area contributed by atoms with Crippen molar-refractivity contribution in [3.63, 3.8) is 0 Å². The molecular weight excluding hydrogens is 562 g/mol. The summed E-state index contributed by atoms with van der Waals surface area (Å²) in [5, 5.41) is 2.32. The maximum Gasteiger partial charge on any atom is 0.417 e. The van der Waals surface area contributed by atoms with Gasteiger partial charge in [-0.25, -0.2) is 12.8 Å². The van der Waals surface area contributed by atoms with E-state index in [2.05, 4.69) is 5.32 Å². The third-order valence-corrected chi connectivity index (χ3v) is 8.05. The average molecular weight is 592 g/mol. The molecule has 1 N–H and O–H groups in total. The number of alkyl halides is 3. The zero-order valence-corrected chi connectivity index (χ0v) is 23.0. The number of nitrogens with one attached hydrogen (secondary N) is 1. The van der Waals surface area contributed by atoms with Crippen molar-refractivity contribution in [3.8, 4) is 0 Å². The van der Waals surface area contributed by atoms with Gasteiger partial charge in [0, 0.05) is 12.6 Å². The Balaban J connectivity index is 1.97. The number of halogens is 5. The molecule has 3 rings (SSSR count). The first-order valence-electron chi connectivity index (χ1n) is 12.4. The largest absolute Gasteiger partial charge is 0.417 e. The van der Waals surface area contributed by atoms with Gasteiger partial charge in [0.25, 0.3) is 0 Å². The SMILES string of the molecule is CC[C@H](C(=O)NC1CCCC1)N(Cc1ccc(F)cc1)C(=O)CN(c1ccc(Cl)c(C(F)(F)F)c1)S(C)(=O)=O. The van der Waals surface area contributed by atoms with Gasteiger partial charge in [-0.3, -0.25) is 13.9 Å². The Bertz CT molecular complexity index is 1280. The zero-order valence-electron chi connectivity index (χ0n) is 21.5. The first-order chi connectivity index (χ1) is 18.2. The van der Waals surface area contributed by atoms with Crippen molar-refractivity contribution in [1.82, 2.24) is 10.2 Å². The number of carbonyl (C=O) groups excluding carboxylic acids is 2. The molecule has 214 valence electrons. The average Bonchev–Trinajstić information content (AvgIpc) is 3.35. The van der Waals surface area contributed by atoms with E-state index in [9.17, 15) is 35.6 Å². The molecule has 13 heteroatoms. The number of benzene rings is 2. The summed E-state index contributed by atoms with van der Waals surface area (Å²) >= 11 is 5.69. The smallest absolute Gasteiger partial charge is 0.352 e. The second-order valence-electron chi connectivity index (χ2n) is 9.49. The summed E-state index contributed by atoms with van der Waals surface area (Å²) in [6.07, 6.45) is -0.392. The van der Waals surface area contributed by atoms with E-state index in [1.807, 2.05) is 0 Å². The van der Waals surface area contributed by atoms with E-state index >= 15 is 0 Å². The maximum atomic E-state index is 13.7. The van der Waals surface area contributed by atoms with Crippen molar-refractivity contribution < 1.29 is 35.6 Å². The molecule has 0 unspecified atom stereocenters. The van der Waals surface area contributed by atoms with Crippen LogP contribution in [0, 0.1) is 5.82 Å². The normalized spacial score (nSPS) is 15.2. The molecule has 1 fully saturated rings. The highest BCUT2D eigenvalue weighted by atomic mass is 35.5. The third-order valence-electron chi connectivity index (χ3n) is 6.58. The minimum Gasteiger partial charge on any atom is -0.352 e. The summed E-state index contributed by atoms with van der Waals surface area (Å²) in [6.45, 7) is 0.668. The summed E-state index contributed by atoms with van der Waals surface area (Å²) in [7, 11) is -4.25. The van der Waals surface area contributed by atoms with E-state index in [0.717, 1.165) is 44.1 Å². The van der Waals surface area contributed by atoms with Crippen LogP contribution in [0.5, 0.6) is 0 Å². The van der Waals surface area contributed by atoms with Gasteiger partial charge in [-0.05, 0) is 55.2 Å². The van der Waals surface area contributed by atoms with E-state index in [1.165, 1.54) is 29.2 Å². The van der Waals surface area contributed by atoms with Crippen LogP contribution < -0.4 is 9.62 Å². The quantitative estimate of drug-likeness (QED) is 0.388. The highest BCUT2D eigenvalue weighted by molar-refractivity contribution is 7.92. The van der Waals surface area contributed by atoms with Gasteiger partial charge >= 0.3 is 6.18 Å². The number of hydrogen-bond donors (Lipinski definition) is 1. The van der Waals surface area contributed by atoms with Crippen LogP contribution >= 0.6 is 11.6 Å². The van der Waals surface area contributed by atoms with E-state index in [-0.39, 0.29) is 19.0 Å². The molecule has 2 aromatic carbocycles. The molecule has 0 spiro atoms. The predicted molar refractivity (Wildman–Crippen MR) is 140 cm³/mol. The molecule has 0 saturated heterocycles. The predicted octanol–water partition coefficient (Wildman–Crippen LogP) is 5.13. The van der Waals surface area contributed by atoms with Gasteiger partial charge in [-0.1, -0.05) is 43.5 Å². The molecule has 39 heavy (non-hydrogen) atoms. The summed E-state index contributed by atoms with van der Waals surface area (Å²) in [4.78, 5) is 28.1. The molecule has 0 bridgehead atoms. The number of anilines is 1.